The maximum atomic E-state index is 11.1. The molecule has 0 unspecified atom stereocenters. The summed E-state index contributed by atoms with van der Waals surface area (Å²) in [5.74, 6) is -0.297. The van der Waals surface area contributed by atoms with E-state index in [0.717, 1.165) is 12.8 Å². The molecule has 0 fully saturated rings. The van der Waals surface area contributed by atoms with Crippen molar-refractivity contribution in [1.82, 2.24) is 0 Å². The second-order valence-electron chi connectivity index (χ2n) is 3.70. The third kappa shape index (κ3) is 3.72. The van der Waals surface area contributed by atoms with E-state index in [1.165, 1.54) is 12.7 Å². The van der Waals surface area contributed by atoms with Gasteiger partial charge in [0.15, 0.2) is 0 Å². The van der Waals surface area contributed by atoms with Crippen LogP contribution in [0, 0.1) is 0 Å². The number of carbonyl (C=O) groups excluding carboxylic acids is 1. The van der Waals surface area contributed by atoms with Gasteiger partial charge in [0.05, 0.1) is 12.7 Å². The Bertz CT molecular complexity index is 317. The summed E-state index contributed by atoms with van der Waals surface area (Å²) >= 11 is 0. The van der Waals surface area contributed by atoms with E-state index >= 15 is 0 Å². The predicted octanol–water partition coefficient (Wildman–Crippen LogP) is 1.75. The summed E-state index contributed by atoms with van der Waals surface area (Å²) in [6.07, 6.45) is 1.90. The Kier molecular flexibility index (Phi) is 4.31. The highest BCUT2D eigenvalue weighted by Gasteiger charge is 2.04. The van der Waals surface area contributed by atoms with Gasteiger partial charge in [-0.05, 0) is 37.5 Å². The third-order valence-electron chi connectivity index (χ3n) is 2.26. The van der Waals surface area contributed by atoms with E-state index in [9.17, 15) is 4.79 Å². The van der Waals surface area contributed by atoms with E-state index in [-0.39, 0.29) is 12.0 Å². The highest BCUT2D eigenvalue weighted by atomic mass is 16.5. The summed E-state index contributed by atoms with van der Waals surface area (Å²) in [5, 5.41) is 0. The van der Waals surface area contributed by atoms with Crippen LogP contribution >= 0.6 is 0 Å². The molecule has 0 aliphatic carbocycles. The van der Waals surface area contributed by atoms with Crippen LogP contribution < -0.4 is 5.73 Å². The maximum absolute atomic E-state index is 11.1. The molecule has 3 nitrogen and oxygen atoms in total. The molecule has 0 aromatic heterocycles. The Balaban J connectivity index is 2.60. The lowest BCUT2D eigenvalue weighted by molar-refractivity contribution is 0.0600. The minimum atomic E-state index is -0.297. The van der Waals surface area contributed by atoms with E-state index in [0.29, 0.717) is 5.56 Å². The summed E-state index contributed by atoms with van der Waals surface area (Å²) in [4.78, 5) is 11.1. The van der Waals surface area contributed by atoms with Crippen LogP contribution in [-0.4, -0.2) is 19.1 Å². The molecular formula is C12H17NO2. The Morgan fingerprint density at radius 1 is 1.40 bits per heavy atom. The zero-order chi connectivity index (χ0) is 11.3. The first-order chi connectivity index (χ1) is 7.13. The topological polar surface area (TPSA) is 52.3 Å². The molecule has 0 saturated heterocycles. The number of hydrogen-bond donors (Lipinski definition) is 1. The van der Waals surface area contributed by atoms with E-state index in [4.69, 9.17) is 5.73 Å². The normalized spacial score (nSPS) is 12.2. The van der Waals surface area contributed by atoms with Gasteiger partial charge < -0.3 is 10.5 Å². The fraction of sp³-hybridized carbons (Fsp3) is 0.417. The van der Waals surface area contributed by atoms with E-state index in [1.807, 2.05) is 19.1 Å². The maximum Gasteiger partial charge on any atom is 0.337 e. The van der Waals surface area contributed by atoms with Crippen molar-refractivity contribution < 1.29 is 9.53 Å². The average molecular weight is 207 g/mol. The number of esters is 1. The smallest absolute Gasteiger partial charge is 0.337 e. The van der Waals surface area contributed by atoms with Gasteiger partial charge in [0.2, 0.25) is 0 Å². The monoisotopic (exact) mass is 207 g/mol. The van der Waals surface area contributed by atoms with Crippen LogP contribution in [-0.2, 0) is 11.2 Å². The molecule has 1 aromatic rings. The van der Waals surface area contributed by atoms with Gasteiger partial charge in [-0.1, -0.05) is 12.1 Å². The van der Waals surface area contributed by atoms with Crippen molar-refractivity contribution in [2.75, 3.05) is 7.11 Å². The minimum Gasteiger partial charge on any atom is -0.465 e. The number of carbonyl (C=O) groups is 1. The lowest BCUT2D eigenvalue weighted by atomic mass is 10.0. The first-order valence-electron chi connectivity index (χ1n) is 5.06. The molecule has 1 rings (SSSR count). The molecule has 0 heterocycles. The van der Waals surface area contributed by atoms with Gasteiger partial charge in [0, 0.05) is 6.04 Å². The van der Waals surface area contributed by atoms with E-state index in [1.54, 1.807) is 12.1 Å². The molecular weight excluding hydrogens is 190 g/mol. The summed E-state index contributed by atoms with van der Waals surface area (Å²) < 4.78 is 4.62. The van der Waals surface area contributed by atoms with Crippen molar-refractivity contribution in [3.63, 3.8) is 0 Å². The van der Waals surface area contributed by atoms with Gasteiger partial charge in [-0.3, -0.25) is 0 Å². The van der Waals surface area contributed by atoms with Crippen LogP contribution in [0.25, 0.3) is 0 Å². The quantitative estimate of drug-likeness (QED) is 0.765. The molecule has 3 heteroatoms. The second-order valence-corrected chi connectivity index (χ2v) is 3.70. The predicted molar refractivity (Wildman–Crippen MR) is 59.8 cm³/mol. The Morgan fingerprint density at radius 3 is 2.47 bits per heavy atom. The Hall–Kier alpha value is -1.35. The van der Waals surface area contributed by atoms with Crippen molar-refractivity contribution in [3.8, 4) is 0 Å². The fourth-order valence-corrected chi connectivity index (χ4v) is 1.32. The molecule has 0 amide bonds. The molecule has 2 N–H and O–H groups in total. The Morgan fingerprint density at radius 2 is 2.00 bits per heavy atom. The van der Waals surface area contributed by atoms with Gasteiger partial charge in [-0.25, -0.2) is 4.79 Å². The summed E-state index contributed by atoms with van der Waals surface area (Å²) in [6.45, 7) is 1.99. The van der Waals surface area contributed by atoms with Gasteiger partial charge in [-0.2, -0.15) is 0 Å². The zero-order valence-corrected chi connectivity index (χ0v) is 9.19. The standard InChI is InChI=1S/C12H17NO2/c1-9(13)3-4-10-5-7-11(8-6-10)12(14)15-2/h5-9H,3-4,13H2,1-2H3/t9-/m1/s1. The molecule has 1 atom stereocenters. The van der Waals surface area contributed by atoms with Crippen molar-refractivity contribution in [2.24, 2.45) is 5.73 Å². The number of methoxy groups -OCH3 is 1. The lowest BCUT2D eigenvalue weighted by Crippen LogP contribution is -2.15. The van der Waals surface area contributed by atoms with Gasteiger partial charge in [-0.15, -0.1) is 0 Å². The van der Waals surface area contributed by atoms with E-state index < -0.39 is 0 Å². The first kappa shape index (κ1) is 11.7. The number of nitrogens with two attached hydrogens (primary N) is 1. The molecule has 0 radical (unpaired) electrons. The second kappa shape index (κ2) is 5.51. The van der Waals surface area contributed by atoms with Crippen LogP contribution in [0.1, 0.15) is 29.3 Å². The average Bonchev–Trinajstić information content (AvgIpc) is 2.26. The van der Waals surface area contributed by atoms with Crippen molar-refractivity contribution in [2.45, 2.75) is 25.8 Å². The summed E-state index contributed by atoms with van der Waals surface area (Å²) in [6, 6.07) is 7.65. The Labute approximate surface area is 90.2 Å². The van der Waals surface area contributed by atoms with E-state index in [2.05, 4.69) is 4.74 Å². The summed E-state index contributed by atoms with van der Waals surface area (Å²) in [7, 11) is 1.38. The highest BCUT2D eigenvalue weighted by molar-refractivity contribution is 5.89. The van der Waals surface area contributed by atoms with Crippen LogP contribution in [0.4, 0.5) is 0 Å². The molecule has 0 aliphatic heterocycles. The molecule has 0 saturated carbocycles. The van der Waals surface area contributed by atoms with Crippen molar-refractivity contribution in [1.29, 1.82) is 0 Å². The van der Waals surface area contributed by atoms with Crippen LogP contribution in [0.15, 0.2) is 24.3 Å². The number of ether oxygens (including phenoxy) is 1. The molecule has 1 aromatic carbocycles. The number of rotatable bonds is 4. The molecule has 0 bridgehead atoms. The van der Waals surface area contributed by atoms with Crippen LogP contribution in [0.2, 0.25) is 0 Å². The zero-order valence-electron chi connectivity index (χ0n) is 9.19. The lowest BCUT2D eigenvalue weighted by Gasteiger charge is -2.05. The first-order valence-corrected chi connectivity index (χ1v) is 5.06. The molecule has 0 spiro atoms. The van der Waals surface area contributed by atoms with Crippen LogP contribution in [0.3, 0.4) is 0 Å². The SMILES string of the molecule is COC(=O)c1ccc(CC[C@@H](C)N)cc1. The summed E-state index contributed by atoms with van der Waals surface area (Å²) in [5.41, 5.74) is 7.45. The number of aryl methyl sites for hydroxylation is 1. The molecule has 82 valence electrons. The third-order valence-corrected chi connectivity index (χ3v) is 2.26. The minimum absolute atomic E-state index is 0.213. The fourth-order valence-electron chi connectivity index (χ4n) is 1.32. The van der Waals surface area contributed by atoms with Gasteiger partial charge >= 0.3 is 5.97 Å². The number of hydrogen-bond acceptors (Lipinski definition) is 3. The molecule has 0 aliphatic rings. The van der Waals surface area contributed by atoms with Crippen molar-refractivity contribution in [3.05, 3.63) is 35.4 Å². The largest absolute Gasteiger partial charge is 0.465 e. The van der Waals surface area contributed by atoms with Gasteiger partial charge in [0.25, 0.3) is 0 Å². The number of benzene rings is 1. The van der Waals surface area contributed by atoms with Gasteiger partial charge in [0.1, 0.15) is 0 Å². The van der Waals surface area contributed by atoms with Crippen molar-refractivity contribution >= 4 is 5.97 Å². The molecule has 15 heavy (non-hydrogen) atoms. The van der Waals surface area contributed by atoms with Crippen LogP contribution in [0.5, 0.6) is 0 Å². The highest BCUT2D eigenvalue weighted by Crippen LogP contribution is 2.08.